The first-order valence-electron chi connectivity index (χ1n) is 9.73. The van der Waals surface area contributed by atoms with Crippen LogP contribution in [-0.4, -0.2) is 60.1 Å². The molecule has 1 aliphatic heterocycles. The summed E-state index contributed by atoms with van der Waals surface area (Å²) < 4.78 is 5.39. The molecule has 0 unspecified atom stereocenters. The molecule has 0 saturated carbocycles. The lowest BCUT2D eigenvalue weighted by atomic mass is 10.2. The van der Waals surface area contributed by atoms with Crippen molar-refractivity contribution in [3.63, 3.8) is 0 Å². The Bertz CT molecular complexity index is 804. The van der Waals surface area contributed by atoms with Crippen LogP contribution in [0.4, 0.5) is 0 Å². The van der Waals surface area contributed by atoms with Crippen LogP contribution in [0.1, 0.15) is 17.5 Å². The minimum absolute atomic E-state index is 0.0697. The molecule has 1 saturated heterocycles. The SMILES string of the molecule is O=C(/C=C/c1c(Cl)cccc1Cl)N(CCCN1CCOCC1)Cc1ccncc1. The molecule has 0 atom stereocenters. The van der Waals surface area contributed by atoms with Gasteiger partial charge in [-0.15, -0.1) is 0 Å². The summed E-state index contributed by atoms with van der Waals surface area (Å²) in [5, 5.41) is 1.05. The number of hydrogen-bond acceptors (Lipinski definition) is 4. The molecule has 2 heterocycles. The van der Waals surface area contributed by atoms with E-state index in [4.69, 9.17) is 27.9 Å². The largest absolute Gasteiger partial charge is 0.379 e. The Morgan fingerprint density at radius 3 is 2.52 bits per heavy atom. The van der Waals surface area contributed by atoms with E-state index in [1.54, 1.807) is 42.7 Å². The number of aromatic nitrogens is 1. The van der Waals surface area contributed by atoms with Crippen molar-refractivity contribution in [1.82, 2.24) is 14.8 Å². The molecule has 0 radical (unpaired) electrons. The minimum Gasteiger partial charge on any atom is -0.379 e. The Labute approximate surface area is 181 Å². The van der Waals surface area contributed by atoms with E-state index >= 15 is 0 Å². The molecule has 1 amide bonds. The van der Waals surface area contributed by atoms with Crippen LogP contribution in [-0.2, 0) is 16.1 Å². The zero-order valence-electron chi connectivity index (χ0n) is 16.3. The second-order valence-electron chi connectivity index (χ2n) is 6.89. The van der Waals surface area contributed by atoms with Gasteiger partial charge in [-0.2, -0.15) is 0 Å². The summed E-state index contributed by atoms with van der Waals surface area (Å²) >= 11 is 12.4. The predicted octanol–water partition coefficient (Wildman–Crippen LogP) is 4.15. The highest BCUT2D eigenvalue weighted by atomic mass is 35.5. The van der Waals surface area contributed by atoms with Gasteiger partial charge in [0.1, 0.15) is 0 Å². The quantitative estimate of drug-likeness (QED) is 0.586. The third-order valence-electron chi connectivity index (χ3n) is 4.83. The summed E-state index contributed by atoms with van der Waals surface area (Å²) in [6, 6.07) is 9.16. The number of halogens is 2. The molecule has 29 heavy (non-hydrogen) atoms. The van der Waals surface area contributed by atoms with Gasteiger partial charge in [0.25, 0.3) is 0 Å². The third kappa shape index (κ3) is 6.82. The van der Waals surface area contributed by atoms with Crippen molar-refractivity contribution >= 4 is 35.2 Å². The molecule has 0 N–H and O–H groups in total. The topological polar surface area (TPSA) is 45.7 Å². The number of amides is 1. The highest BCUT2D eigenvalue weighted by Crippen LogP contribution is 2.25. The maximum Gasteiger partial charge on any atom is 0.246 e. The van der Waals surface area contributed by atoms with Gasteiger partial charge in [-0.05, 0) is 42.3 Å². The van der Waals surface area contributed by atoms with Gasteiger partial charge in [-0.1, -0.05) is 29.3 Å². The lowest BCUT2D eigenvalue weighted by Gasteiger charge is -2.28. The van der Waals surface area contributed by atoms with Crippen LogP contribution in [0.25, 0.3) is 6.08 Å². The van der Waals surface area contributed by atoms with Crippen LogP contribution in [0.3, 0.4) is 0 Å². The standard InChI is InChI=1S/C22H25Cl2N3O2/c23-20-3-1-4-21(24)19(20)5-6-22(28)27(17-18-7-9-25-10-8-18)12-2-11-26-13-15-29-16-14-26/h1,3-10H,2,11-17H2/b6-5+. The van der Waals surface area contributed by atoms with E-state index in [0.717, 1.165) is 44.8 Å². The molecule has 0 bridgehead atoms. The third-order valence-corrected chi connectivity index (χ3v) is 5.49. The monoisotopic (exact) mass is 433 g/mol. The fourth-order valence-corrected chi connectivity index (χ4v) is 3.74. The Morgan fingerprint density at radius 1 is 1.14 bits per heavy atom. The molecule has 3 rings (SSSR count). The first-order valence-corrected chi connectivity index (χ1v) is 10.5. The van der Waals surface area contributed by atoms with Crippen LogP contribution in [0, 0.1) is 0 Å². The Hall–Kier alpha value is -1.92. The van der Waals surface area contributed by atoms with Gasteiger partial charge in [-0.25, -0.2) is 0 Å². The summed E-state index contributed by atoms with van der Waals surface area (Å²) in [5.41, 5.74) is 1.70. The zero-order chi connectivity index (χ0) is 20.5. The van der Waals surface area contributed by atoms with Crippen molar-refractivity contribution in [2.45, 2.75) is 13.0 Å². The van der Waals surface area contributed by atoms with Gasteiger partial charge in [0.05, 0.1) is 13.2 Å². The van der Waals surface area contributed by atoms with Crippen molar-refractivity contribution in [2.24, 2.45) is 0 Å². The van der Waals surface area contributed by atoms with Crippen molar-refractivity contribution < 1.29 is 9.53 Å². The van der Waals surface area contributed by atoms with Crippen molar-refractivity contribution in [1.29, 1.82) is 0 Å². The number of benzene rings is 1. The molecule has 0 aliphatic carbocycles. The van der Waals surface area contributed by atoms with E-state index < -0.39 is 0 Å². The van der Waals surface area contributed by atoms with E-state index in [-0.39, 0.29) is 5.91 Å². The fraction of sp³-hybridized carbons (Fsp3) is 0.364. The molecule has 5 nitrogen and oxygen atoms in total. The minimum atomic E-state index is -0.0697. The number of pyridine rings is 1. The van der Waals surface area contributed by atoms with Crippen molar-refractivity contribution in [3.8, 4) is 0 Å². The maximum atomic E-state index is 12.9. The highest BCUT2D eigenvalue weighted by Gasteiger charge is 2.14. The molecule has 1 fully saturated rings. The maximum absolute atomic E-state index is 12.9. The normalized spacial score (nSPS) is 15.0. The summed E-state index contributed by atoms with van der Waals surface area (Å²) in [7, 11) is 0. The molecular formula is C22H25Cl2N3O2. The van der Waals surface area contributed by atoms with Crippen molar-refractivity contribution in [3.05, 3.63) is 70.0 Å². The molecule has 0 spiro atoms. The summed E-state index contributed by atoms with van der Waals surface area (Å²) in [5.74, 6) is -0.0697. The van der Waals surface area contributed by atoms with Crippen LogP contribution >= 0.6 is 23.2 Å². The number of carbonyl (C=O) groups is 1. The smallest absolute Gasteiger partial charge is 0.246 e. The second-order valence-corrected chi connectivity index (χ2v) is 7.71. The van der Waals surface area contributed by atoms with Gasteiger partial charge < -0.3 is 9.64 Å². The highest BCUT2D eigenvalue weighted by molar-refractivity contribution is 6.37. The first-order chi connectivity index (χ1) is 14.1. The first kappa shape index (κ1) is 21.8. The summed E-state index contributed by atoms with van der Waals surface area (Å²) in [4.78, 5) is 21.2. The summed E-state index contributed by atoms with van der Waals surface area (Å²) in [6.45, 7) is 5.60. The zero-order valence-corrected chi connectivity index (χ0v) is 17.8. The Kier molecular flexibility index (Phi) is 8.50. The van der Waals surface area contributed by atoms with Crippen LogP contribution < -0.4 is 0 Å². The van der Waals surface area contributed by atoms with E-state index in [1.165, 1.54) is 0 Å². The molecule has 2 aromatic rings. The molecule has 154 valence electrons. The van der Waals surface area contributed by atoms with E-state index in [2.05, 4.69) is 9.88 Å². The lowest BCUT2D eigenvalue weighted by Crippen LogP contribution is -2.38. The molecule has 1 aliphatic rings. The average Bonchev–Trinajstić information content (AvgIpc) is 2.74. The fourth-order valence-electron chi connectivity index (χ4n) is 3.22. The second kappa shape index (κ2) is 11.3. The lowest BCUT2D eigenvalue weighted by molar-refractivity contribution is -0.126. The van der Waals surface area contributed by atoms with Crippen molar-refractivity contribution in [2.75, 3.05) is 39.4 Å². The van der Waals surface area contributed by atoms with E-state index in [0.29, 0.717) is 28.7 Å². The Balaban J connectivity index is 1.65. The summed E-state index contributed by atoms with van der Waals surface area (Å²) in [6.07, 6.45) is 7.62. The van der Waals surface area contributed by atoms with Gasteiger partial charge in [0.2, 0.25) is 5.91 Å². The molecular weight excluding hydrogens is 409 g/mol. The number of hydrogen-bond donors (Lipinski definition) is 0. The number of carbonyl (C=O) groups excluding carboxylic acids is 1. The number of rotatable bonds is 8. The average molecular weight is 434 g/mol. The van der Waals surface area contributed by atoms with Gasteiger partial charge in [0, 0.05) is 66.8 Å². The Morgan fingerprint density at radius 2 is 1.83 bits per heavy atom. The van der Waals surface area contributed by atoms with Crippen LogP contribution in [0.5, 0.6) is 0 Å². The number of nitrogens with zero attached hydrogens (tertiary/aromatic N) is 3. The van der Waals surface area contributed by atoms with E-state index in [9.17, 15) is 4.79 Å². The van der Waals surface area contributed by atoms with E-state index in [1.807, 2.05) is 17.0 Å². The van der Waals surface area contributed by atoms with Gasteiger partial charge in [-0.3, -0.25) is 14.7 Å². The van der Waals surface area contributed by atoms with Crippen LogP contribution in [0.2, 0.25) is 10.0 Å². The molecule has 7 heteroatoms. The van der Waals surface area contributed by atoms with Crippen LogP contribution in [0.15, 0.2) is 48.8 Å². The van der Waals surface area contributed by atoms with Gasteiger partial charge >= 0.3 is 0 Å². The number of morpholine rings is 1. The number of ether oxygens (including phenoxy) is 1. The molecule has 1 aromatic carbocycles. The predicted molar refractivity (Wildman–Crippen MR) is 117 cm³/mol. The molecule has 1 aromatic heterocycles. The van der Waals surface area contributed by atoms with Gasteiger partial charge in [0.15, 0.2) is 0 Å².